The third-order valence-electron chi connectivity index (χ3n) is 6.22. The molecular weight excluding hydrogens is 451 g/mol. The van der Waals surface area contributed by atoms with E-state index in [0.717, 1.165) is 17.0 Å². The molecule has 0 amide bonds. The van der Waals surface area contributed by atoms with Gasteiger partial charge in [0.2, 0.25) is 5.95 Å². The average Bonchev–Trinajstić information content (AvgIpc) is 3.24. The zero-order chi connectivity index (χ0) is 23.9. The summed E-state index contributed by atoms with van der Waals surface area (Å²) in [6.07, 6.45) is 6.89. The van der Waals surface area contributed by atoms with Gasteiger partial charge in [0, 0.05) is 19.3 Å². The highest BCUT2D eigenvalue weighted by Crippen LogP contribution is 2.37. The number of anilines is 3. The van der Waals surface area contributed by atoms with Gasteiger partial charge in [0.1, 0.15) is 12.9 Å². The number of hydrogen-bond acceptors (Lipinski definition) is 8. The van der Waals surface area contributed by atoms with Gasteiger partial charge in [-0.1, -0.05) is 19.3 Å². The number of imidazole rings is 1. The third-order valence-corrected chi connectivity index (χ3v) is 6.22. The van der Waals surface area contributed by atoms with Crippen LogP contribution < -0.4 is 19.7 Å². The molecule has 3 aromatic heterocycles. The second-order valence-electron chi connectivity index (χ2n) is 8.51. The molecule has 4 heterocycles. The number of fused-ring (bicyclic) bond motifs is 1. The Bertz CT molecular complexity index is 1180. The minimum atomic E-state index is -4.44. The van der Waals surface area contributed by atoms with Crippen molar-refractivity contribution in [2.45, 2.75) is 37.9 Å². The van der Waals surface area contributed by atoms with Gasteiger partial charge in [-0.2, -0.15) is 18.2 Å². The van der Waals surface area contributed by atoms with E-state index >= 15 is 0 Å². The van der Waals surface area contributed by atoms with Gasteiger partial charge in [0.25, 0.3) is 0 Å². The molecule has 0 spiro atoms. The maximum atomic E-state index is 13.3. The molecule has 180 valence electrons. The number of hydrogen-bond donors (Lipinski definition) is 1. The van der Waals surface area contributed by atoms with Gasteiger partial charge in [-0.15, -0.1) is 0 Å². The van der Waals surface area contributed by atoms with Crippen molar-refractivity contribution in [3.8, 4) is 17.3 Å². The zero-order valence-corrected chi connectivity index (χ0v) is 18.7. The molecule has 1 aliphatic carbocycles. The largest absolute Gasteiger partial charge is 0.493 e. The highest BCUT2D eigenvalue weighted by atomic mass is 19.4. The topological polar surface area (TPSA) is 90.2 Å². The van der Waals surface area contributed by atoms with Crippen LogP contribution in [0.2, 0.25) is 0 Å². The van der Waals surface area contributed by atoms with Crippen LogP contribution in [-0.2, 0) is 6.42 Å². The van der Waals surface area contributed by atoms with Gasteiger partial charge in [-0.3, -0.25) is 4.57 Å². The maximum absolute atomic E-state index is 13.3. The number of rotatable bonds is 6. The molecule has 3 aromatic rings. The van der Waals surface area contributed by atoms with Gasteiger partial charge in [0.15, 0.2) is 29.2 Å². The Balaban J connectivity index is 1.35. The molecule has 1 saturated carbocycles. The Morgan fingerprint density at radius 2 is 2.00 bits per heavy atom. The SMILES string of the molecule is COc1cc(Nc2ncc3c(n2)N(C)C(C(F)(F)F)CO3)cnc1-n1cnc(CC2CCC2)c1. The fraction of sp³-hybridized carbons (Fsp3) is 0.455. The van der Waals surface area contributed by atoms with Crippen molar-refractivity contribution in [1.82, 2.24) is 24.5 Å². The molecule has 1 aliphatic heterocycles. The Labute approximate surface area is 194 Å². The van der Waals surface area contributed by atoms with Gasteiger partial charge < -0.3 is 19.7 Å². The van der Waals surface area contributed by atoms with Crippen LogP contribution >= 0.6 is 0 Å². The number of likely N-dealkylation sites (N-methyl/N-ethyl adjacent to an activating group) is 1. The molecule has 1 unspecified atom stereocenters. The minimum absolute atomic E-state index is 0.0556. The first-order chi connectivity index (χ1) is 16.3. The molecule has 5 rings (SSSR count). The highest BCUT2D eigenvalue weighted by molar-refractivity contribution is 5.62. The summed E-state index contributed by atoms with van der Waals surface area (Å²) in [4.78, 5) is 18.4. The normalized spacial score (nSPS) is 18.1. The zero-order valence-electron chi connectivity index (χ0n) is 18.7. The first kappa shape index (κ1) is 22.2. The van der Waals surface area contributed by atoms with E-state index in [4.69, 9.17) is 9.47 Å². The van der Waals surface area contributed by atoms with Crippen LogP contribution in [0, 0.1) is 5.92 Å². The summed E-state index contributed by atoms with van der Waals surface area (Å²) in [6.45, 7) is -0.512. The Hall–Kier alpha value is -3.57. The standard InChI is InChI=1S/C22H24F3N7O2/c1-31-18(22(23,24)25)11-34-17-9-27-21(30-20(17)31)29-14-7-16(33-2)19(26-8-14)32-10-15(28-12-32)6-13-4-3-5-13/h7-10,12-13,18H,3-6,11H2,1-2H3,(H,27,29,30). The number of nitrogens with zero attached hydrogens (tertiary/aromatic N) is 6. The molecule has 0 radical (unpaired) electrons. The summed E-state index contributed by atoms with van der Waals surface area (Å²) >= 11 is 0. The highest BCUT2D eigenvalue weighted by Gasteiger charge is 2.46. The fourth-order valence-corrected chi connectivity index (χ4v) is 4.08. The van der Waals surface area contributed by atoms with E-state index in [0.29, 0.717) is 23.2 Å². The molecule has 34 heavy (non-hydrogen) atoms. The van der Waals surface area contributed by atoms with E-state index < -0.39 is 18.8 Å². The van der Waals surface area contributed by atoms with E-state index in [-0.39, 0.29) is 17.5 Å². The van der Waals surface area contributed by atoms with Crippen molar-refractivity contribution in [3.63, 3.8) is 0 Å². The van der Waals surface area contributed by atoms with Crippen LogP contribution in [0.1, 0.15) is 25.0 Å². The van der Waals surface area contributed by atoms with Crippen LogP contribution in [0.5, 0.6) is 11.5 Å². The van der Waals surface area contributed by atoms with Crippen molar-refractivity contribution in [1.29, 1.82) is 0 Å². The summed E-state index contributed by atoms with van der Waals surface area (Å²) in [5.41, 5.74) is 1.53. The minimum Gasteiger partial charge on any atom is -0.493 e. The van der Waals surface area contributed by atoms with Gasteiger partial charge in [-0.05, 0) is 12.3 Å². The van der Waals surface area contributed by atoms with Crippen molar-refractivity contribution in [2.24, 2.45) is 5.92 Å². The van der Waals surface area contributed by atoms with Gasteiger partial charge in [0.05, 0.1) is 30.9 Å². The second kappa shape index (κ2) is 8.65. The van der Waals surface area contributed by atoms with Crippen molar-refractivity contribution < 1.29 is 22.6 Å². The van der Waals surface area contributed by atoms with Crippen LogP contribution in [-0.4, -0.2) is 57.5 Å². The molecule has 0 aromatic carbocycles. The number of alkyl halides is 3. The van der Waals surface area contributed by atoms with E-state index in [1.54, 1.807) is 18.6 Å². The Kier molecular flexibility index (Phi) is 5.66. The first-order valence-corrected chi connectivity index (χ1v) is 11.0. The molecule has 12 heteroatoms. The van der Waals surface area contributed by atoms with Crippen LogP contribution in [0.15, 0.2) is 31.0 Å². The fourth-order valence-electron chi connectivity index (χ4n) is 4.08. The number of nitrogens with one attached hydrogen (secondary N) is 1. The number of halogens is 3. The summed E-state index contributed by atoms with van der Waals surface area (Å²) in [6, 6.07) is -0.0664. The molecule has 1 atom stereocenters. The molecule has 1 N–H and O–H groups in total. The second-order valence-corrected chi connectivity index (χ2v) is 8.51. The summed E-state index contributed by atoms with van der Waals surface area (Å²) in [7, 11) is 2.87. The van der Waals surface area contributed by atoms with Gasteiger partial charge in [-0.25, -0.2) is 15.0 Å². The number of aromatic nitrogens is 5. The lowest BCUT2D eigenvalue weighted by atomic mass is 9.82. The Morgan fingerprint density at radius 1 is 1.18 bits per heavy atom. The summed E-state index contributed by atoms with van der Waals surface area (Å²) < 4.78 is 52.4. The number of ether oxygens (including phenoxy) is 2. The molecule has 2 aliphatic rings. The van der Waals surface area contributed by atoms with Crippen LogP contribution in [0.4, 0.5) is 30.6 Å². The molecule has 9 nitrogen and oxygen atoms in total. The Morgan fingerprint density at radius 3 is 2.71 bits per heavy atom. The van der Waals surface area contributed by atoms with Crippen LogP contribution in [0.3, 0.4) is 0 Å². The predicted molar refractivity (Wildman–Crippen MR) is 118 cm³/mol. The average molecular weight is 475 g/mol. The van der Waals surface area contributed by atoms with Crippen molar-refractivity contribution >= 4 is 17.5 Å². The molecule has 0 bridgehead atoms. The van der Waals surface area contributed by atoms with E-state index in [1.807, 2.05) is 10.8 Å². The first-order valence-electron chi connectivity index (χ1n) is 11.0. The predicted octanol–water partition coefficient (Wildman–Crippen LogP) is 3.91. The van der Waals surface area contributed by atoms with Crippen LogP contribution in [0.25, 0.3) is 5.82 Å². The van der Waals surface area contributed by atoms with E-state index in [1.165, 1.54) is 39.6 Å². The molecule has 0 saturated heterocycles. The smallest absolute Gasteiger partial charge is 0.412 e. The van der Waals surface area contributed by atoms with E-state index in [2.05, 4.69) is 25.3 Å². The number of pyridine rings is 1. The lowest BCUT2D eigenvalue weighted by Crippen LogP contribution is -2.50. The lowest BCUT2D eigenvalue weighted by Gasteiger charge is -2.35. The van der Waals surface area contributed by atoms with E-state index in [9.17, 15) is 13.2 Å². The quantitative estimate of drug-likeness (QED) is 0.574. The maximum Gasteiger partial charge on any atom is 0.412 e. The third kappa shape index (κ3) is 4.31. The van der Waals surface area contributed by atoms with Gasteiger partial charge >= 0.3 is 6.18 Å². The number of methoxy groups -OCH3 is 1. The molecule has 1 fully saturated rings. The lowest BCUT2D eigenvalue weighted by molar-refractivity contribution is -0.155. The molecular formula is C22H24F3N7O2. The summed E-state index contributed by atoms with van der Waals surface area (Å²) in [5.74, 6) is 2.13. The van der Waals surface area contributed by atoms with Crippen molar-refractivity contribution in [2.75, 3.05) is 31.0 Å². The summed E-state index contributed by atoms with van der Waals surface area (Å²) in [5, 5.41) is 2.98. The van der Waals surface area contributed by atoms with Crippen molar-refractivity contribution in [3.05, 3.63) is 36.7 Å². The monoisotopic (exact) mass is 475 g/mol.